The van der Waals surface area contributed by atoms with Gasteiger partial charge in [-0.25, -0.2) is 0 Å². The molecular weight excluding hydrogens is 302 g/mol. The zero-order valence-corrected chi connectivity index (χ0v) is 13.5. The van der Waals surface area contributed by atoms with Crippen LogP contribution in [0.3, 0.4) is 0 Å². The second-order valence-corrected chi connectivity index (χ2v) is 5.52. The van der Waals surface area contributed by atoms with Gasteiger partial charge in [-0.15, -0.1) is 0 Å². The molecule has 122 valence electrons. The third kappa shape index (κ3) is 3.46. The van der Waals surface area contributed by atoms with Gasteiger partial charge < -0.3 is 15.2 Å². The molecule has 1 heterocycles. The van der Waals surface area contributed by atoms with Crippen LogP contribution in [0.1, 0.15) is 16.8 Å². The van der Waals surface area contributed by atoms with E-state index < -0.39 is 0 Å². The van der Waals surface area contributed by atoms with E-state index in [9.17, 15) is 9.59 Å². The van der Waals surface area contributed by atoms with Gasteiger partial charge in [0.25, 0.3) is 5.91 Å². The maximum absolute atomic E-state index is 12.1. The molecule has 5 nitrogen and oxygen atoms in total. The van der Waals surface area contributed by atoms with Gasteiger partial charge in [-0.2, -0.15) is 0 Å². The van der Waals surface area contributed by atoms with E-state index in [2.05, 4.69) is 21.3 Å². The molecular formula is C19H19N3O2. The predicted molar refractivity (Wildman–Crippen MR) is 95.0 cm³/mol. The first-order valence-electron chi connectivity index (χ1n) is 7.83. The third-order valence-corrected chi connectivity index (χ3v) is 3.92. The Bertz CT molecular complexity index is 866. The highest BCUT2D eigenvalue weighted by molar-refractivity contribution is 5.95. The molecule has 0 aliphatic heterocycles. The Hall–Kier alpha value is -3.08. The zero-order valence-electron chi connectivity index (χ0n) is 13.5. The number of carbonyl (C=O) groups is 2. The number of anilines is 1. The average molecular weight is 321 g/mol. The van der Waals surface area contributed by atoms with Crippen molar-refractivity contribution in [2.45, 2.75) is 13.0 Å². The van der Waals surface area contributed by atoms with Crippen LogP contribution in [0.4, 0.5) is 5.69 Å². The van der Waals surface area contributed by atoms with E-state index in [0.29, 0.717) is 24.2 Å². The Morgan fingerprint density at radius 2 is 1.75 bits per heavy atom. The number of nitrogens with one attached hydrogen (secondary N) is 2. The van der Waals surface area contributed by atoms with Gasteiger partial charge in [-0.3, -0.25) is 9.59 Å². The van der Waals surface area contributed by atoms with Crippen molar-refractivity contribution in [2.24, 2.45) is 0 Å². The van der Waals surface area contributed by atoms with Gasteiger partial charge >= 0.3 is 0 Å². The smallest absolute Gasteiger partial charge is 0.251 e. The number of nitrogens with zero attached hydrogens (tertiary/aromatic N) is 1. The molecule has 0 aliphatic carbocycles. The summed E-state index contributed by atoms with van der Waals surface area (Å²) in [6.07, 6.45) is 2.38. The molecule has 2 N–H and O–H groups in total. The van der Waals surface area contributed by atoms with Crippen LogP contribution < -0.4 is 10.6 Å². The molecule has 2 aromatic carbocycles. The summed E-state index contributed by atoms with van der Waals surface area (Å²) in [7, 11) is 1.59. The molecule has 5 heteroatoms. The van der Waals surface area contributed by atoms with Crippen LogP contribution in [0.2, 0.25) is 0 Å². The molecule has 0 radical (unpaired) electrons. The van der Waals surface area contributed by atoms with Gasteiger partial charge in [0.1, 0.15) is 0 Å². The van der Waals surface area contributed by atoms with Crippen molar-refractivity contribution in [1.29, 1.82) is 0 Å². The van der Waals surface area contributed by atoms with Crippen molar-refractivity contribution in [3.8, 4) is 0 Å². The lowest BCUT2D eigenvalue weighted by molar-refractivity contribution is -0.116. The Morgan fingerprint density at radius 3 is 2.50 bits per heavy atom. The Kier molecular flexibility index (Phi) is 4.61. The number of aromatic nitrogens is 1. The summed E-state index contributed by atoms with van der Waals surface area (Å²) in [5.74, 6) is -0.201. The molecule has 0 saturated heterocycles. The Labute approximate surface area is 140 Å². The summed E-state index contributed by atoms with van der Waals surface area (Å²) in [6.45, 7) is 0.621. The van der Waals surface area contributed by atoms with Gasteiger partial charge in [0, 0.05) is 43.0 Å². The fourth-order valence-electron chi connectivity index (χ4n) is 2.63. The van der Waals surface area contributed by atoms with Crippen LogP contribution in [0, 0.1) is 0 Å². The number of hydrogen-bond donors (Lipinski definition) is 2. The lowest BCUT2D eigenvalue weighted by Crippen LogP contribution is -2.18. The number of para-hydroxylation sites is 1. The van der Waals surface area contributed by atoms with E-state index in [-0.39, 0.29) is 11.8 Å². The molecule has 0 saturated carbocycles. The summed E-state index contributed by atoms with van der Waals surface area (Å²) < 4.78 is 2.07. The van der Waals surface area contributed by atoms with E-state index in [0.717, 1.165) is 5.52 Å². The molecule has 0 atom stereocenters. The van der Waals surface area contributed by atoms with E-state index in [1.807, 2.05) is 30.5 Å². The average Bonchev–Trinajstić information content (AvgIpc) is 3.03. The van der Waals surface area contributed by atoms with Crippen molar-refractivity contribution in [3.63, 3.8) is 0 Å². The van der Waals surface area contributed by atoms with E-state index in [4.69, 9.17) is 0 Å². The largest absolute Gasteiger partial charge is 0.355 e. The normalized spacial score (nSPS) is 10.5. The van der Waals surface area contributed by atoms with Crippen LogP contribution in [-0.2, 0) is 11.3 Å². The topological polar surface area (TPSA) is 63.1 Å². The molecule has 0 spiro atoms. The molecule has 3 rings (SSSR count). The van der Waals surface area contributed by atoms with Crippen molar-refractivity contribution in [1.82, 2.24) is 9.88 Å². The van der Waals surface area contributed by atoms with Crippen molar-refractivity contribution < 1.29 is 9.59 Å². The summed E-state index contributed by atoms with van der Waals surface area (Å²) >= 11 is 0. The monoisotopic (exact) mass is 321 g/mol. The van der Waals surface area contributed by atoms with Crippen molar-refractivity contribution >= 4 is 28.4 Å². The maximum Gasteiger partial charge on any atom is 0.251 e. The fourth-order valence-corrected chi connectivity index (χ4v) is 2.63. The quantitative estimate of drug-likeness (QED) is 0.759. The van der Waals surface area contributed by atoms with Gasteiger partial charge in [0.05, 0.1) is 0 Å². The number of rotatable bonds is 5. The highest BCUT2D eigenvalue weighted by atomic mass is 16.2. The molecule has 0 aliphatic rings. The Morgan fingerprint density at radius 1 is 1.00 bits per heavy atom. The fraction of sp³-hybridized carbons (Fsp3) is 0.158. The lowest BCUT2D eigenvalue weighted by atomic mass is 10.2. The Balaban J connectivity index is 1.58. The second-order valence-electron chi connectivity index (χ2n) is 5.52. The number of aryl methyl sites for hydroxylation is 1. The number of fused-ring (bicyclic) bond motifs is 1. The van der Waals surface area contributed by atoms with Gasteiger partial charge in [0.15, 0.2) is 0 Å². The van der Waals surface area contributed by atoms with Crippen LogP contribution in [-0.4, -0.2) is 23.4 Å². The van der Waals surface area contributed by atoms with E-state index in [1.54, 1.807) is 31.3 Å². The summed E-state index contributed by atoms with van der Waals surface area (Å²) in [5, 5.41) is 6.58. The summed E-state index contributed by atoms with van der Waals surface area (Å²) in [6, 6.07) is 17.0. The maximum atomic E-state index is 12.1. The molecule has 0 fully saturated rings. The van der Waals surface area contributed by atoms with Crippen molar-refractivity contribution in [2.75, 3.05) is 12.4 Å². The first-order chi connectivity index (χ1) is 11.7. The van der Waals surface area contributed by atoms with Crippen LogP contribution in [0.15, 0.2) is 60.8 Å². The SMILES string of the molecule is CNC(=O)c1ccc(NC(=O)CCn2ccc3ccccc32)cc1. The number of carbonyl (C=O) groups excluding carboxylic acids is 2. The molecule has 0 bridgehead atoms. The minimum absolute atomic E-state index is 0.0551. The molecule has 24 heavy (non-hydrogen) atoms. The highest BCUT2D eigenvalue weighted by Gasteiger charge is 2.06. The number of amides is 2. The molecule has 2 amide bonds. The molecule has 3 aromatic rings. The zero-order chi connectivity index (χ0) is 16.9. The van der Waals surface area contributed by atoms with Gasteiger partial charge in [-0.1, -0.05) is 18.2 Å². The van der Waals surface area contributed by atoms with Gasteiger partial charge in [-0.05, 0) is 41.8 Å². The number of benzene rings is 2. The highest BCUT2D eigenvalue weighted by Crippen LogP contribution is 2.16. The molecule has 0 unspecified atom stereocenters. The number of hydrogen-bond acceptors (Lipinski definition) is 2. The lowest BCUT2D eigenvalue weighted by Gasteiger charge is -2.08. The van der Waals surface area contributed by atoms with Crippen LogP contribution in [0.5, 0.6) is 0 Å². The summed E-state index contributed by atoms with van der Waals surface area (Å²) in [4.78, 5) is 23.6. The second kappa shape index (κ2) is 7.00. The summed E-state index contributed by atoms with van der Waals surface area (Å²) in [5.41, 5.74) is 2.37. The van der Waals surface area contributed by atoms with E-state index in [1.165, 1.54) is 5.39 Å². The van der Waals surface area contributed by atoms with E-state index >= 15 is 0 Å². The third-order valence-electron chi connectivity index (χ3n) is 3.92. The minimum Gasteiger partial charge on any atom is -0.355 e. The predicted octanol–water partition coefficient (Wildman–Crippen LogP) is 3.03. The standard InChI is InChI=1S/C19H19N3O2/c1-20-19(24)15-6-8-16(9-7-15)21-18(23)11-13-22-12-10-14-4-2-3-5-17(14)22/h2-10,12H,11,13H2,1H3,(H,20,24)(H,21,23). The van der Waals surface area contributed by atoms with Crippen LogP contribution in [0.25, 0.3) is 10.9 Å². The minimum atomic E-state index is -0.146. The molecule has 1 aromatic heterocycles. The first-order valence-corrected chi connectivity index (χ1v) is 7.83. The van der Waals surface area contributed by atoms with Gasteiger partial charge in [0.2, 0.25) is 5.91 Å². The van der Waals surface area contributed by atoms with Crippen molar-refractivity contribution in [3.05, 3.63) is 66.4 Å². The first kappa shape index (κ1) is 15.8. The van der Waals surface area contributed by atoms with Crippen LogP contribution >= 0.6 is 0 Å².